The summed E-state index contributed by atoms with van der Waals surface area (Å²) in [7, 11) is -3.57. The zero-order valence-electron chi connectivity index (χ0n) is 10.1. The van der Waals surface area contributed by atoms with E-state index in [2.05, 4.69) is 0 Å². The van der Waals surface area contributed by atoms with Gasteiger partial charge in [-0.15, -0.1) is 0 Å². The molecule has 0 amide bonds. The molecule has 1 aromatic carbocycles. The van der Waals surface area contributed by atoms with Crippen LogP contribution in [0.15, 0.2) is 18.2 Å². The van der Waals surface area contributed by atoms with Crippen LogP contribution in [-0.2, 0) is 10.0 Å². The zero-order valence-corrected chi connectivity index (χ0v) is 10.9. The number of sulfonamides is 1. The van der Waals surface area contributed by atoms with Crippen molar-refractivity contribution in [2.75, 3.05) is 12.4 Å². The standard InChI is InChI=1S/C12H16FNO3S/c1-2-8-6-17-12-5-9(13)3-4-10(12)11(8)7-18(14,15)16/h3-5,8,11H,2,6-7H2,1H3,(H2,14,15,16). The van der Waals surface area contributed by atoms with Crippen LogP contribution >= 0.6 is 0 Å². The normalized spacial score (nSPS) is 23.3. The van der Waals surface area contributed by atoms with Gasteiger partial charge in [-0.1, -0.05) is 13.0 Å². The van der Waals surface area contributed by atoms with Crippen LogP contribution in [0.1, 0.15) is 24.8 Å². The second kappa shape index (κ2) is 4.85. The summed E-state index contributed by atoms with van der Waals surface area (Å²) in [6.45, 7) is 2.37. The van der Waals surface area contributed by atoms with Crippen molar-refractivity contribution in [1.29, 1.82) is 0 Å². The van der Waals surface area contributed by atoms with Crippen molar-refractivity contribution in [3.63, 3.8) is 0 Å². The van der Waals surface area contributed by atoms with Gasteiger partial charge in [0.1, 0.15) is 11.6 Å². The Morgan fingerprint density at radius 3 is 2.83 bits per heavy atom. The van der Waals surface area contributed by atoms with Crippen LogP contribution in [0, 0.1) is 11.7 Å². The maximum atomic E-state index is 13.1. The van der Waals surface area contributed by atoms with Crippen molar-refractivity contribution in [3.05, 3.63) is 29.6 Å². The van der Waals surface area contributed by atoms with Crippen LogP contribution in [0.5, 0.6) is 5.75 Å². The fourth-order valence-corrected chi connectivity index (χ4v) is 3.34. The third-order valence-corrected chi connectivity index (χ3v) is 4.16. The van der Waals surface area contributed by atoms with E-state index in [1.165, 1.54) is 12.1 Å². The number of hydrogen-bond acceptors (Lipinski definition) is 3. The lowest BCUT2D eigenvalue weighted by Gasteiger charge is -2.32. The maximum absolute atomic E-state index is 13.1. The first-order valence-electron chi connectivity index (χ1n) is 5.83. The van der Waals surface area contributed by atoms with Crippen molar-refractivity contribution in [2.24, 2.45) is 11.1 Å². The number of fused-ring (bicyclic) bond motifs is 1. The van der Waals surface area contributed by atoms with E-state index in [9.17, 15) is 12.8 Å². The van der Waals surface area contributed by atoms with Gasteiger partial charge in [0.2, 0.25) is 10.0 Å². The number of hydrogen-bond donors (Lipinski definition) is 1. The Morgan fingerprint density at radius 2 is 2.22 bits per heavy atom. The first kappa shape index (κ1) is 13.3. The Morgan fingerprint density at radius 1 is 1.50 bits per heavy atom. The van der Waals surface area contributed by atoms with Crippen LogP contribution in [-0.4, -0.2) is 20.8 Å². The van der Waals surface area contributed by atoms with Crippen molar-refractivity contribution in [1.82, 2.24) is 0 Å². The minimum absolute atomic E-state index is 0.0845. The SMILES string of the molecule is CCC1COc2cc(F)ccc2C1CS(N)(=O)=O. The Labute approximate surface area is 106 Å². The lowest BCUT2D eigenvalue weighted by Crippen LogP contribution is -2.32. The summed E-state index contributed by atoms with van der Waals surface area (Å²) >= 11 is 0. The molecule has 0 saturated heterocycles. The third kappa shape index (κ3) is 2.81. The Balaban J connectivity index is 2.41. The van der Waals surface area contributed by atoms with Crippen LogP contribution in [0.3, 0.4) is 0 Å². The molecule has 1 heterocycles. The lowest BCUT2D eigenvalue weighted by molar-refractivity contribution is 0.195. The summed E-state index contributed by atoms with van der Waals surface area (Å²) in [4.78, 5) is 0. The zero-order chi connectivity index (χ0) is 13.3. The highest BCUT2D eigenvalue weighted by atomic mass is 32.2. The number of primary sulfonamides is 1. The number of benzene rings is 1. The van der Waals surface area contributed by atoms with E-state index in [-0.39, 0.29) is 17.6 Å². The fraction of sp³-hybridized carbons (Fsp3) is 0.500. The predicted octanol–water partition coefficient (Wildman–Crippen LogP) is 1.62. The average molecular weight is 273 g/mol. The molecule has 1 aliphatic heterocycles. The Bertz CT molecular complexity index is 544. The summed E-state index contributed by atoms with van der Waals surface area (Å²) in [5.41, 5.74) is 0.725. The van der Waals surface area contributed by atoms with Gasteiger partial charge in [-0.3, -0.25) is 0 Å². The average Bonchev–Trinajstić information content (AvgIpc) is 2.27. The molecular formula is C12H16FNO3S. The molecule has 2 rings (SSSR count). The molecule has 2 atom stereocenters. The van der Waals surface area contributed by atoms with Crippen LogP contribution in [0.4, 0.5) is 4.39 Å². The number of halogens is 1. The first-order valence-corrected chi connectivity index (χ1v) is 7.55. The molecule has 0 spiro atoms. The van der Waals surface area contributed by atoms with Gasteiger partial charge in [0.15, 0.2) is 0 Å². The molecule has 1 aliphatic rings. The van der Waals surface area contributed by atoms with Gasteiger partial charge in [0, 0.05) is 17.9 Å². The van der Waals surface area contributed by atoms with Gasteiger partial charge in [-0.05, 0) is 18.1 Å². The molecule has 0 saturated carbocycles. The van der Waals surface area contributed by atoms with Crippen molar-refractivity contribution < 1.29 is 17.5 Å². The van der Waals surface area contributed by atoms with E-state index in [1.54, 1.807) is 6.07 Å². The van der Waals surface area contributed by atoms with E-state index >= 15 is 0 Å². The Kier molecular flexibility index (Phi) is 3.59. The highest BCUT2D eigenvalue weighted by Gasteiger charge is 2.32. The molecule has 0 aliphatic carbocycles. The van der Waals surface area contributed by atoms with E-state index in [0.29, 0.717) is 12.4 Å². The van der Waals surface area contributed by atoms with Crippen molar-refractivity contribution in [2.45, 2.75) is 19.3 Å². The number of nitrogens with two attached hydrogens (primary N) is 1. The number of ether oxygens (including phenoxy) is 1. The lowest BCUT2D eigenvalue weighted by atomic mass is 9.84. The van der Waals surface area contributed by atoms with E-state index in [1.807, 2.05) is 6.92 Å². The molecule has 0 bridgehead atoms. The molecular weight excluding hydrogens is 257 g/mol. The van der Waals surface area contributed by atoms with E-state index in [0.717, 1.165) is 12.0 Å². The van der Waals surface area contributed by atoms with Gasteiger partial charge in [-0.25, -0.2) is 17.9 Å². The van der Waals surface area contributed by atoms with Gasteiger partial charge < -0.3 is 4.74 Å². The predicted molar refractivity (Wildman–Crippen MR) is 66.4 cm³/mol. The smallest absolute Gasteiger partial charge is 0.209 e. The fourth-order valence-electron chi connectivity index (χ4n) is 2.38. The first-order chi connectivity index (χ1) is 8.40. The van der Waals surface area contributed by atoms with E-state index < -0.39 is 15.8 Å². The molecule has 100 valence electrons. The van der Waals surface area contributed by atoms with E-state index in [4.69, 9.17) is 9.88 Å². The minimum Gasteiger partial charge on any atom is -0.493 e. The molecule has 0 aromatic heterocycles. The van der Waals surface area contributed by atoms with Gasteiger partial charge in [0.25, 0.3) is 0 Å². The minimum atomic E-state index is -3.57. The third-order valence-electron chi connectivity index (χ3n) is 3.33. The van der Waals surface area contributed by atoms with Gasteiger partial charge >= 0.3 is 0 Å². The maximum Gasteiger partial charge on any atom is 0.209 e. The molecule has 1 aromatic rings. The van der Waals surface area contributed by atoms with Crippen molar-refractivity contribution in [3.8, 4) is 5.75 Å². The largest absolute Gasteiger partial charge is 0.493 e. The molecule has 0 radical (unpaired) electrons. The molecule has 18 heavy (non-hydrogen) atoms. The summed E-state index contributed by atoms with van der Waals surface area (Å²) in [5.74, 6) is -0.241. The molecule has 6 heteroatoms. The molecule has 2 N–H and O–H groups in total. The van der Waals surface area contributed by atoms with Gasteiger partial charge in [-0.2, -0.15) is 0 Å². The quantitative estimate of drug-likeness (QED) is 0.909. The molecule has 4 nitrogen and oxygen atoms in total. The van der Waals surface area contributed by atoms with Crippen LogP contribution < -0.4 is 9.88 Å². The summed E-state index contributed by atoms with van der Waals surface area (Å²) in [6, 6.07) is 4.19. The summed E-state index contributed by atoms with van der Waals surface area (Å²) < 4.78 is 41.2. The van der Waals surface area contributed by atoms with Crippen molar-refractivity contribution >= 4 is 10.0 Å². The number of rotatable bonds is 3. The van der Waals surface area contributed by atoms with Crippen LogP contribution in [0.25, 0.3) is 0 Å². The molecule has 0 fully saturated rings. The topological polar surface area (TPSA) is 69.4 Å². The monoisotopic (exact) mass is 273 g/mol. The second-order valence-corrected chi connectivity index (χ2v) is 6.26. The highest BCUT2D eigenvalue weighted by molar-refractivity contribution is 7.89. The summed E-state index contributed by atoms with van der Waals surface area (Å²) in [5, 5.41) is 5.13. The van der Waals surface area contributed by atoms with Gasteiger partial charge in [0.05, 0.1) is 12.4 Å². The Hall–Kier alpha value is -1.14. The highest BCUT2D eigenvalue weighted by Crippen LogP contribution is 2.39. The summed E-state index contributed by atoms with van der Waals surface area (Å²) in [6.07, 6.45) is 0.789. The molecule has 2 unspecified atom stereocenters. The second-order valence-electron chi connectivity index (χ2n) is 4.60. The van der Waals surface area contributed by atoms with Crippen LogP contribution in [0.2, 0.25) is 0 Å².